The zero-order chi connectivity index (χ0) is 13.4. The molecule has 2 N–H and O–H groups in total. The summed E-state index contributed by atoms with van der Waals surface area (Å²) in [5.41, 5.74) is -0.234. The maximum atomic E-state index is 12.1. The number of nitrogens with one attached hydrogen (secondary N) is 2. The molecule has 6 nitrogen and oxygen atoms in total. The average Bonchev–Trinajstić information content (AvgIpc) is 3.04. The summed E-state index contributed by atoms with van der Waals surface area (Å²) < 4.78 is 1.60. The fraction of sp³-hybridized carbons (Fsp3) is 0.417. The molecule has 1 amide bonds. The number of aromatic amines is 1. The highest BCUT2D eigenvalue weighted by molar-refractivity contribution is 7.17. The van der Waals surface area contributed by atoms with Crippen LogP contribution in [0.1, 0.15) is 19.3 Å². The van der Waals surface area contributed by atoms with Crippen molar-refractivity contribution in [1.82, 2.24) is 14.9 Å². The van der Waals surface area contributed by atoms with Crippen molar-refractivity contribution in [2.75, 3.05) is 0 Å². The number of amides is 1. The Labute approximate surface area is 112 Å². The van der Waals surface area contributed by atoms with Crippen LogP contribution in [0.2, 0.25) is 0 Å². The van der Waals surface area contributed by atoms with Crippen LogP contribution in [0, 0.1) is 0 Å². The Morgan fingerprint density at radius 1 is 1.47 bits per heavy atom. The van der Waals surface area contributed by atoms with Crippen LogP contribution in [0.15, 0.2) is 21.0 Å². The van der Waals surface area contributed by atoms with Crippen LogP contribution >= 0.6 is 11.3 Å². The van der Waals surface area contributed by atoms with Crippen LogP contribution in [0.25, 0.3) is 10.2 Å². The zero-order valence-corrected chi connectivity index (χ0v) is 11.0. The van der Waals surface area contributed by atoms with Crippen molar-refractivity contribution in [1.29, 1.82) is 0 Å². The van der Waals surface area contributed by atoms with E-state index in [4.69, 9.17) is 0 Å². The van der Waals surface area contributed by atoms with Crippen molar-refractivity contribution in [3.63, 3.8) is 0 Å². The second-order valence-electron chi connectivity index (χ2n) is 4.64. The lowest BCUT2D eigenvalue weighted by molar-refractivity contribution is -0.121. The second-order valence-corrected chi connectivity index (χ2v) is 5.56. The molecule has 0 aromatic carbocycles. The average molecular weight is 279 g/mol. The summed E-state index contributed by atoms with van der Waals surface area (Å²) in [5.74, 6) is -0.111. The number of nitrogens with zero attached hydrogens (tertiary/aromatic N) is 1. The minimum atomic E-state index is -0.463. The number of aromatic nitrogens is 2. The molecule has 1 aliphatic rings. The summed E-state index contributed by atoms with van der Waals surface area (Å²) in [4.78, 5) is 38.1. The largest absolute Gasteiger partial charge is 0.353 e. The molecule has 7 heteroatoms. The van der Waals surface area contributed by atoms with Gasteiger partial charge in [-0.1, -0.05) is 0 Å². The van der Waals surface area contributed by atoms with Crippen LogP contribution in [0.5, 0.6) is 0 Å². The van der Waals surface area contributed by atoms with Gasteiger partial charge in [-0.15, -0.1) is 11.3 Å². The quantitative estimate of drug-likeness (QED) is 0.850. The van der Waals surface area contributed by atoms with E-state index >= 15 is 0 Å². The Hall–Kier alpha value is -1.89. The van der Waals surface area contributed by atoms with Gasteiger partial charge in [-0.25, -0.2) is 4.79 Å². The second kappa shape index (κ2) is 4.65. The van der Waals surface area contributed by atoms with Crippen molar-refractivity contribution >= 4 is 27.5 Å². The lowest BCUT2D eigenvalue weighted by Crippen LogP contribution is -2.36. The van der Waals surface area contributed by atoms with Gasteiger partial charge in [0.15, 0.2) is 0 Å². The highest BCUT2D eigenvalue weighted by Crippen LogP contribution is 2.18. The fourth-order valence-corrected chi connectivity index (χ4v) is 2.71. The summed E-state index contributed by atoms with van der Waals surface area (Å²) in [6, 6.07) is 2.00. The summed E-state index contributed by atoms with van der Waals surface area (Å²) >= 11 is 1.29. The third-order valence-corrected chi connectivity index (χ3v) is 4.00. The summed E-state index contributed by atoms with van der Waals surface area (Å²) in [5, 5.41) is 4.59. The Kier molecular flexibility index (Phi) is 2.98. The zero-order valence-electron chi connectivity index (χ0n) is 10.1. The summed E-state index contributed by atoms with van der Waals surface area (Å²) in [6.07, 6.45) is 2.19. The molecular weight excluding hydrogens is 266 g/mol. The van der Waals surface area contributed by atoms with Crippen molar-refractivity contribution in [2.24, 2.45) is 0 Å². The maximum absolute atomic E-state index is 12.1. The van der Waals surface area contributed by atoms with E-state index < -0.39 is 5.69 Å². The molecule has 1 fully saturated rings. The molecular formula is C12H13N3O3S. The van der Waals surface area contributed by atoms with Crippen molar-refractivity contribution < 1.29 is 4.79 Å². The number of carbonyl (C=O) groups excluding carboxylic acids is 1. The molecule has 1 aliphatic carbocycles. The van der Waals surface area contributed by atoms with Gasteiger partial charge < -0.3 is 10.3 Å². The Balaban J connectivity index is 1.81. The van der Waals surface area contributed by atoms with Crippen LogP contribution < -0.4 is 16.6 Å². The van der Waals surface area contributed by atoms with E-state index in [1.807, 2.05) is 0 Å². The number of hydrogen-bond acceptors (Lipinski definition) is 4. The van der Waals surface area contributed by atoms with E-state index in [9.17, 15) is 14.4 Å². The molecule has 0 saturated heterocycles. The molecule has 2 heterocycles. The molecule has 3 rings (SSSR count). The maximum Gasteiger partial charge on any atom is 0.328 e. The minimum Gasteiger partial charge on any atom is -0.353 e. The molecule has 2 aromatic rings. The van der Waals surface area contributed by atoms with Crippen LogP contribution in [-0.2, 0) is 11.3 Å². The molecule has 0 atom stereocenters. The number of carbonyl (C=O) groups is 1. The van der Waals surface area contributed by atoms with E-state index in [-0.39, 0.29) is 24.4 Å². The first-order chi connectivity index (χ1) is 9.15. The molecule has 0 bridgehead atoms. The third-order valence-electron chi connectivity index (χ3n) is 3.10. The predicted octanol–water partition coefficient (Wildman–Crippen LogP) is 0.420. The smallest absolute Gasteiger partial charge is 0.328 e. The lowest BCUT2D eigenvalue weighted by atomic mass is 10.3. The van der Waals surface area contributed by atoms with Gasteiger partial charge in [-0.3, -0.25) is 14.2 Å². The first-order valence-corrected chi connectivity index (χ1v) is 7.03. The molecule has 0 aliphatic heterocycles. The van der Waals surface area contributed by atoms with E-state index in [0.717, 1.165) is 17.4 Å². The third kappa shape index (κ3) is 2.46. The lowest BCUT2D eigenvalue weighted by Gasteiger charge is -2.05. The molecule has 0 spiro atoms. The molecule has 0 unspecified atom stereocenters. The van der Waals surface area contributed by atoms with Gasteiger partial charge in [0.1, 0.15) is 4.70 Å². The summed E-state index contributed by atoms with van der Waals surface area (Å²) in [6.45, 7) is 0.112. The number of rotatable bonds is 4. The fourth-order valence-electron chi connectivity index (χ4n) is 1.91. The highest BCUT2D eigenvalue weighted by atomic mass is 32.1. The topological polar surface area (TPSA) is 84.0 Å². The number of hydrogen-bond donors (Lipinski definition) is 2. The number of thiophene rings is 1. The predicted molar refractivity (Wildman–Crippen MR) is 72.5 cm³/mol. The van der Waals surface area contributed by atoms with E-state index in [2.05, 4.69) is 10.3 Å². The van der Waals surface area contributed by atoms with Crippen molar-refractivity contribution in [3.8, 4) is 0 Å². The van der Waals surface area contributed by atoms with E-state index in [1.165, 1.54) is 11.3 Å². The van der Waals surface area contributed by atoms with Gasteiger partial charge >= 0.3 is 5.69 Å². The van der Waals surface area contributed by atoms with Crippen LogP contribution in [0.3, 0.4) is 0 Å². The Morgan fingerprint density at radius 2 is 2.26 bits per heavy atom. The molecule has 19 heavy (non-hydrogen) atoms. The van der Waals surface area contributed by atoms with Gasteiger partial charge in [0, 0.05) is 19.0 Å². The highest BCUT2D eigenvalue weighted by Gasteiger charge is 2.23. The molecule has 2 aromatic heterocycles. The summed E-state index contributed by atoms with van der Waals surface area (Å²) in [7, 11) is 0. The Morgan fingerprint density at radius 3 is 3.00 bits per heavy atom. The van der Waals surface area contributed by atoms with Gasteiger partial charge in [0.2, 0.25) is 5.91 Å². The van der Waals surface area contributed by atoms with Crippen LogP contribution in [-0.4, -0.2) is 21.5 Å². The first kappa shape index (κ1) is 12.2. The normalized spacial score (nSPS) is 14.7. The van der Waals surface area contributed by atoms with Crippen molar-refractivity contribution in [2.45, 2.75) is 31.8 Å². The number of H-pyrrole nitrogens is 1. The van der Waals surface area contributed by atoms with E-state index in [1.54, 1.807) is 11.4 Å². The Bertz CT molecular complexity index is 738. The van der Waals surface area contributed by atoms with E-state index in [0.29, 0.717) is 16.3 Å². The van der Waals surface area contributed by atoms with Gasteiger partial charge in [0.05, 0.1) is 5.52 Å². The molecule has 0 radical (unpaired) electrons. The standard InChI is InChI=1S/C12H13N3O3S/c16-9(13-7-1-2-7)3-5-15-11(17)10-8(4-6-19-10)14-12(15)18/h4,6-7H,1-3,5H2,(H,13,16)(H,14,18). The van der Waals surface area contributed by atoms with Crippen molar-refractivity contribution in [3.05, 3.63) is 32.3 Å². The van der Waals surface area contributed by atoms with Gasteiger partial charge in [-0.05, 0) is 24.3 Å². The van der Waals surface area contributed by atoms with Gasteiger partial charge in [0.25, 0.3) is 5.56 Å². The first-order valence-electron chi connectivity index (χ1n) is 6.15. The van der Waals surface area contributed by atoms with Gasteiger partial charge in [-0.2, -0.15) is 0 Å². The monoisotopic (exact) mass is 279 g/mol. The SMILES string of the molecule is O=C(CCn1c(=O)[nH]c2ccsc2c1=O)NC1CC1. The molecule has 100 valence electrons. The van der Waals surface area contributed by atoms with Crippen LogP contribution in [0.4, 0.5) is 0 Å². The molecule has 1 saturated carbocycles. The number of fused-ring (bicyclic) bond motifs is 1. The minimum absolute atomic E-state index is 0.111.